The Labute approximate surface area is 118 Å². The maximum atomic E-state index is 3.62. The number of halogens is 1. The molecule has 0 aromatic carbocycles. The standard InChI is InChI=1S/C14H24BrNS/c1-3-5-6-7-8-12(16-4-2)11-14-13(15)9-10-17-14/h9-10,12,16H,3-8,11H2,1-2H3. The Morgan fingerprint density at radius 1 is 1.29 bits per heavy atom. The second-order valence-corrected chi connectivity index (χ2v) is 6.35. The van der Waals surface area contributed by atoms with E-state index in [1.165, 1.54) is 41.5 Å². The predicted molar refractivity (Wildman–Crippen MR) is 81.9 cm³/mol. The Kier molecular flexibility index (Phi) is 8.15. The largest absolute Gasteiger partial charge is 0.314 e. The smallest absolute Gasteiger partial charge is 0.0314 e. The fourth-order valence-electron chi connectivity index (χ4n) is 2.08. The number of rotatable bonds is 9. The minimum Gasteiger partial charge on any atom is -0.314 e. The minimum absolute atomic E-state index is 0.645. The molecule has 98 valence electrons. The highest BCUT2D eigenvalue weighted by molar-refractivity contribution is 9.10. The van der Waals surface area contributed by atoms with E-state index in [1.54, 1.807) is 0 Å². The highest BCUT2D eigenvalue weighted by atomic mass is 79.9. The third-order valence-electron chi connectivity index (χ3n) is 3.02. The highest BCUT2D eigenvalue weighted by Crippen LogP contribution is 2.25. The average molecular weight is 318 g/mol. The summed E-state index contributed by atoms with van der Waals surface area (Å²) in [7, 11) is 0. The summed E-state index contributed by atoms with van der Waals surface area (Å²) in [6, 6.07) is 2.80. The van der Waals surface area contributed by atoms with Crippen LogP contribution in [0.1, 0.15) is 50.8 Å². The van der Waals surface area contributed by atoms with Gasteiger partial charge in [0.05, 0.1) is 0 Å². The SMILES string of the molecule is CCCCCCC(Cc1sccc1Br)NCC. The van der Waals surface area contributed by atoms with Crippen LogP contribution >= 0.6 is 27.3 Å². The van der Waals surface area contributed by atoms with Crippen LogP contribution in [0, 0.1) is 0 Å². The lowest BCUT2D eigenvalue weighted by Gasteiger charge is -2.17. The summed E-state index contributed by atoms with van der Waals surface area (Å²) >= 11 is 5.48. The van der Waals surface area contributed by atoms with Crippen LogP contribution in [-0.4, -0.2) is 12.6 Å². The van der Waals surface area contributed by atoms with Crippen LogP contribution in [0.15, 0.2) is 15.9 Å². The van der Waals surface area contributed by atoms with Gasteiger partial charge in [0.25, 0.3) is 0 Å². The molecule has 0 aliphatic heterocycles. The van der Waals surface area contributed by atoms with E-state index in [9.17, 15) is 0 Å². The summed E-state index contributed by atoms with van der Waals surface area (Å²) < 4.78 is 1.28. The van der Waals surface area contributed by atoms with Gasteiger partial charge in [0.2, 0.25) is 0 Å². The molecule has 3 heteroatoms. The van der Waals surface area contributed by atoms with Crippen molar-refractivity contribution in [3.63, 3.8) is 0 Å². The van der Waals surface area contributed by atoms with Crippen molar-refractivity contribution in [2.45, 2.75) is 58.4 Å². The Balaban J connectivity index is 2.35. The van der Waals surface area contributed by atoms with Crippen LogP contribution in [0.3, 0.4) is 0 Å². The highest BCUT2D eigenvalue weighted by Gasteiger charge is 2.11. The van der Waals surface area contributed by atoms with Crippen molar-refractivity contribution in [2.75, 3.05) is 6.54 Å². The minimum atomic E-state index is 0.645. The number of hydrogen-bond donors (Lipinski definition) is 1. The van der Waals surface area contributed by atoms with Crippen molar-refractivity contribution in [3.05, 3.63) is 20.8 Å². The molecule has 1 N–H and O–H groups in total. The third kappa shape index (κ3) is 6.03. The number of unbranched alkanes of at least 4 members (excludes halogenated alkanes) is 3. The fraction of sp³-hybridized carbons (Fsp3) is 0.714. The second-order valence-electron chi connectivity index (χ2n) is 4.50. The number of likely N-dealkylation sites (N-methyl/N-ethyl adjacent to an activating group) is 1. The normalized spacial score (nSPS) is 12.9. The van der Waals surface area contributed by atoms with E-state index >= 15 is 0 Å². The Morgan fingerprint density at radius 3 is 2.71 bits per heavy atom. The lowest BCUT2D eigenvalue weighted by molar-refractivity contribution is 0.465. The molecule has 0 aliphatic rings. The van der Waals surface area contributed by atoms with E-state index in [-0.39, 0.29) is 0 Å². The lowest BCUT2D eigenvalue weighted by atomic mass is 10.0. The van der Waals surface area contributed by atoms with E-state index in [0.29, 0.717) is 6.04 Å². The van der Waals surface area contributed by atoms with E-state index in [1.807, 2.05) is 11.3 Å². The molecule has 0 bridgehead atoms. The van der Waals surface area contributed by atoms with Gasteiger partial charge in [0.15, 0.2) is 0 Å². The molecule has 1 aromatic heterocycles. The maximum absolute atomic E-state index is 3.62. The molecular formula is C14H24BrNS. The predicted octanol–water partition coefficient (Wildman–Crippen LogP) is 5.00. The number of hydrogen-bond acceptors (Lipinski definition) is 2. The van der Waals surface area contributed by atoms with Crippen molar-refractivity contribution in [1.29, 1.82) is 0 Å². The van der Waals surface area contributed by atoms with E-state index in [4.69, 9.17) is 0 Å². The summed E-state index contributed by atoms with van der Waals surface area (Å²) in [5, 5.41) is 5.78. The van der Waals surface area contributed by atoms with E-state index in [0.717, 1.165) is 13.0 Å². The monoisotopic (exact) mass is 317 g/mol. The zero-order chi connectivity index (χ0) is 12.5. The summed E-state index contributed by atoms with van der Waals surface area (Å²) in [5.41, 5.74) is 0. The van der Waals surface area contributed by atoms with Crippen LogP contribution in [0.5, 0.6) is 0 Å². The van der Waals surface area contributed by atoms with Crippen molar-refractivity contribution < 1.29 is 0 Å². The molecule has 1 rings (SSSR count). The van der Waals surface area contributed by atoms with Crippen LogP contribution in [-0.2, 0) is 6.42 Å². The van der Waals surface area contributed by atoms with Gasteiger partial charge in [0, 0.05) is 15.4 Å². The lowest BCUT2D eigenvalue weighted by Crippen LogP contribution is -2.30. The van der Waals surface area contributed by atoms with Gasteiger partial charge in [-0.2, -0.15) is 0 Å². The molecule has 0 fully saturated rings. The first-order valence-electron chi connectivity index (χ1n) is 6.73. The molecule has 0 amide bonds. The van der Waals surface area contributed by atoms with Gasteiger partial charge in [0.1, 0.15) is 0 Å². The topological polar surface area (TPSA) is 12.0 Å². The van der Waals surface area contributed by atoms with E-state index < -0.39 is 0 Å². The Bertz CT molecular complexity index is 298. The van der Waals surface area contributed by atoms with Crippen LogP contribution in [0.4, 0.5) is 0 Å². The summed E-state index contributed by atoms with van der Waals surface area (Å²) in [5.74, 6) is 0. The van der Waals surface area contributed by atoms with Gasteiger partial charge in [-0.3, -0.25) is 0 Å². The van der Waals surface area contributed by atoms with Gasteiger partial charge < -0.3 is 5.32 Å². The molecule has 0 radical (unpaired) electrons. The first-order chi connectivity index (χ1) is 8.27. The molecule has 17 heavy (non-hydrogen) atoms. The first-order valence-corrected chi connectivity index (χ1v) is 8.40. The van der Waals surface area contributed by atoms with Gasteiger partial charge in [-0.25, -0.2) is 0 Å². The Hall–Kier alpha value is 0.140. The maximum Gasteiger partial charge on any atom is 0.0314 e. The molecule has 1 nitrogen and oxygen atoms in total. The van der Waals surface area contributed by atoms with Gasteiger partial charge >= 0.3 is 0 Å². The van der Waals surface area contributed by atoms with Crippen LogP contribution in [0.2, 0.25) is 0 Å². The van der Waals surface area contributed by atoms with Crippen molar-refractivity contribution in [2.24, 2.45) is 0 Å². The molecule has 1 heterocycles. The molecular weight excluding hydrogens is 294 g/mol. The molecule has 1 atom stereocenters. The van der Waals surface area contributed by atoms with Gasteiger partial charge in [-0.15, -0.1) is 11.3 Å². The van der Waals surface area contributed by atoms with E-state index in [2.05, 4.69) is 46.5 Å². The molecule has 0 spiro atoms. The zero-order valence-corrected chi connectivity index (χ0v) is 13.4. The fourth-order valence-corrected chi connectivity index (χ4v) is 3.67. The molecule has 0 saturated carbocycles. The molecule has 1 aromatic rings. The Morgan fingerprint density at radius 2 is 2.12 bits per heavy atom. The van der Waals surface area contributed by atoms with Crippen LogP contribution in [0.25, 0.3) is 0 Å². The molecule has 1 unspecified atom stereocenters. The van der Waals surface area contributed by atoms with Crippen molar-refractivity contribution in [3.8, 4) is 0 Å². The average Bonchev–Trinajstić information content (AvgIpc) is 2.71. The second kappa shape index (κ2) is 9.12. The molecule has 0 saturated heterocycles. The summed E-state index contributed by atoms with van der Waals surface area (Å²) in [6.45, 7) is 5.54. The van der Waals surface area contributed by atoms with Gasteiger partial charge in [-0.1, -0.05) is 39.5 Å². The van der Waals surface area contributed by atoms with Gasteiger partial charge in [-0.05, 0) is 46.8 Å². The first kappa shape index (κ1) is 15.2. The summed E-state index contributed by atoms with van der Waals surface area (Å²) in [4.78, 5) is 1.48. The number of nitrogens with one attached hydrogen (secondary N) is 1. The third-order valence-corrected chi connectivity index (χ3v) is 4.97. The van der Waals surface area contributed by atoms with Crippen molar-refractivity contribution >= 4 is 27.3 Å². The molecule has 0 aliphatic carbocycles. The zero-order valence-electron chi connectivity index (χ0n) is 11.0. The quantitative estimate of drug-likeness (QED) is 0.632. The van der Waals surface area contributed by atoms with Crippen LogP contribution < -0.4 is 5.32 Å². The summed E-state index contributed by atoms with van der Waals surface area (Å²) in [6.07, 6.45) is 7.90. The van der Waals surface area contributed by atoms with Crippen molar-refractivity contribution in [1.82, 2.24) is 5.32 Å². The number of thiophene rings is 1.